The van der Waals surface area contributed by atoms with E-state index in [9.17, 15) is 4.79 Å². The van der Waals surface area contributed by atoms with E-state index < -0.39 is 0 Å². The summed E-state index contributed by atoms with van der Waals surface area (Å²) in [6.45, 7) is 2.77. The molecule has 0 saturated carbocycles. The van der Waals surface area contributed by atoms with Gasteiger partial charge in [0.05, 0.1) is 15.6 Å². The molecule has 2 rings (SSSR count). The summed E-state index contributed by atoms with van der Waals surface area (Å²) in [5, 5.41) is 4.17. The second kappa shape index (κ2) is 6.60. The molecular formula is C14H18Cl2N2O. The van der Waals surface area contributed by atoms with Gasteiger partial charge in [-0.15, -0.1) is 0 Å². The Bertz CT molecular complexity index is 439. The molecule has 1 N–H and O–H groups in total. The predicted molar refractivity (Wildman–Crippen MR) is 79.0 cm³/mol. The largest absolute Gasteiger partial charge is 0.341 e. The molecule has 1 heterocycles. The van der Waals surface area contributed by atoms with Crippen molar-refractivity contribution >= 4 is 29.1 Å². The summed E-state index contributed by atoms with van der Waals surface area (Å²) in [7, 11) is 1.80. The fourth-order valence-corrected chi connectivity index (χ4v) is 3.00. The van der Waals surface area contributed by atoms with E-state index in [1.165, 1.54) is 6.42 Å². The first kappa shape index (κ1) is 14.6. The lowest BCUT2D eigenvalue weighted by Crippen LogP contribution is -2.39. The number of halogens is 2. The van der Waals surface area contributed by atoms with Gasteiger partial charge in [0.1, 0.15) is 0 Å². The SMILES string of the molecule is CN(CC1CCCNC1)C(=O)c1c(Cl)cccc1Cl. The zero-order chi connectivity index (χ0) is 13.8. The molecule has 5 heteroatoms. The first-order valence-corrected chi connectivity index (χ1v) is 7.25. The highest BCUT2D eigenvalue weighted by Crippen LogP contribution is 2.26. The van der Waals surface area contributed by atoms with Gasteiger partial charge in [-0.05, 0) is 44.0 Å². The number of rotatable bonds is 3. The van der Waals surface area contributed by atoms with Gasteiger partial charge in [-0.25, -0.2) is 0 Å². The Morgan fingerprint density at radius 3 is 2.68 bits per heavy atom. The van der Waals surface area contributed by atoms with E-state index >= 15 is 0 Å². The standard InChI is InChI=1S/C14H18Cl2N2O/c1-18(9-10-4-3-7-17-8-10)14(19)13-11(15)5-2-6-12(13)16/h2,5-6,10,17H,3-4,7-9H2,1H3. The van der Waals surface area contributed by atoms with Crippen LogP contribution in [-0.4, -0.2) is 37.5 Å². The van der Waals surface area contributed by atoms with Crippen molar-refractivity contribution in [1.29, 1.82) is 0 Å². The molecule has 1 aliphatic rings. The molecule has 0 radical (unpaired) electrons. The summed E-state index contributed by atoms with van der Waals surface area (Å²) in [6.07, 6.45) is 2.32. The van der Waals surface area contributed by atoms with Crippen LogP contribution in [0.4, 0.5) is 0 Å². The zero-order valence-electron chi connectivity index (χ0n) is 11.0. The van der Waals surface area contributed by atoms with Crippen LogP contribution in [0.15, 0.2) is 18.2 Å². The molecule has 3 nitrogen and oxygen atoms in total. The monoisotopic (exact) mass is 300 g/mol. The fourth-order valence-electron chi connectivity index (χ4n) is 2.44. The third-order valence-electron chi connectivity index (χ3n) is 3.45. The van der Waals surface area contributed by atoms with Crippen molar-refractivity contribution < 1.29 is 4.79 Å². The van der Waals surface area contributed by atoms with Crippen molar-refractivity contribution in [3.05, 3.63) is 33.8 Å². The quantitative estimate of drug-likeness (QED) is 0.930. The Hall–Kier alpha value is -0.770. The molecular weight excluding hydrogens is 283 g/mol. The number of amides is 1. The number of benzene rings is 1. The Morgan fingerprint density at radius 1 is 1.42 bits per heavy atom. The van der Waals surface area contributed by atoms with Crippen molar-refractivity contribution in [1.82, 2.24) is 10.2 Å². The Balaban J connectivity index is 2.06. The molecule has 1 unspecified atom stereocenters. The molecule has 0 bridgehead atoms. The second-order valence-corrected chi connectivity index (χ2v) is 5.81. The predicted octanol–water partition coefficient (Wildman–Crippen LogP) is 3.07. The van der Waals surface area contributed by atoms with Gasteiger partial charge in [-0.3, -0.25) is 4.79 Å². The maximum atomic E-state index is 12.4. The second-order valence-electron chi connectivity index (χ2n) is 4.99. The molecule has 1 saturated heterocycles. The number of hydrogen-bond donors (Lipinski definition) is 1. The van der Waals surface area contributed by atoms with Gasteiger partial charge in [-0.1, -0.05) is 29.3 Å². The third kappa shape index (κ3) is 3.62. The summed E-state index contributed by atoms with van der Waals surface area (Å²) in [6, 6.07) is 5.12. The molecule has 1 atom stereocenters. The Labute approximate surface area is 123 Å². The normalized spacial score (nSPS) is 19.2. The Morgan fingerprint density at radius 2 is 2.11 bits per heavy atom. The van der Waals surface area contributed by atoms with Crippen LogP contribution in [0.2, 0.25) is 10.0 Å². The number of nitrogens with zero attached hydrogens (tertiary/aromatic N) is 1. The smallest absolute Gasteiger partial charge is 0.256 e. The van der Waals surface area contributed by atoms with Gasteiger partial charge in [-0.2, -0.15) is 0 Å². The lowest BCUT2D eigenvalue weighted by molar-refractivity contribution is 0.0765. The Kier molecular flexibility index (Phi) is 5.08. The van der Waals surface area contributed by atoms with Gasteiger partial charge in [0.15, 0.2) is 0 Å². The zero-order valence-corrected chi connectivity index (χ0v) is 12.5. The summed E-state index contributed by atoms with van der Waals surface area (Å²) in [4.78, 5) is 14.1. The van der Waals surface area contributed by atoms with E-state index in [1.54, 1.807) is 30.1 Å². The summed E-state index contributed by atoms with van der Waals surface area (Å²) in [5.41, 5.74) is 0.400. The van der Waals surface area contributed by atoms with Gasteiger partial charge in [0.2, 0.25) is 0 Å². The average molecular weight is 301 g/mol. The molecule has 0 aromatic heterocycles. The lowest BCUT2D eigenvalue weighted by atomic mass is 9.99. The maximum absolute atomic E-state index is 12.4. The first-order valence-electron chi connectivity index (χ1n) is 6.50. The number of hydrogen-bond acceptors (Lipinski definition) is 2. The molecule has 0 spiro atoms. The minimum absolute atomic E-state index is 0.110. The van der Waals surface area contributed by atoms with Crippen LogP contribution in [0.3, 0.4) is 0 Å². The maximum Gasteiger partial charge on any atom is 0.256 e. The number of piperidine rings is 1. The van der Waals surface area contributed by atoms with E-state index in [2.05, 4.69) is 5.32 Å². The van der Waals surface area contributed by atoms with E-state index in [4.69, 9.17) is 23.2 Å². The van der Waals surface area contributed by atoms with Crippen LogP contribution in [0.25, 0.3) is 0 Å². The van der Waals surface area contributed by atoms with Gasteiger partial charge in [0.25, 0.3) is 5.91 Å². The van der Waals surface area contributed by atoms with Crippen LogP contribution < -0.4 is 5.32 Å². The third-order valence-corrected chi connectivity index (χ3v) is 4.08. The highest BCUT2D eigenvalue weighted by atomic mass is 35.5. The minimum atomic E-state index is -0.110. The summed E-state index contributed by atoms with van der Waals surface area (Å²) >= 11 is 12.1. The van der Waals surface area contributed by atoms with Crippen LogP contribution >= 0.6 is 23.2 Å². The highest BCUT2D eigenvalue weighted by molar-refractivity contribution is 6.39. The van der Waals surface area contributed by atoms with Crippen molar-refractivity contribution in [3.63, 3.8) is 0 Å². The first-order chi connectivity index (χ1) is 9.09. The summed E-state index contributed by atoms with van der Waals surface area (Å²) in [5.74, 6) is 0.394. The number of carbonyl (C=O) groups is 1. The van der Waals surface area contributed by atoms with Crippen LogP contribution in [-0.2, 0) is 0 Å². The van der Waals surface area contributed by atoms with Crippen molar-refractivity contribution in [2.24, 2.45) is 5.92 Å². The fraction of sp³-hybridized carbons (Fsp3) is 0.500. The lowest BCUT2D eigenvalue weighted by Gasteiger charge is -2.28. The van der Waals surface area contributed by atoms with Crippen molar-refractivity contribution in [2.45, 2.75) is 12.8 Å². The van der Waals surface area contributed by atoms with Crippen molar-refractivity contribution in [3.8, 4) is 0 Å². The van der Waals surface area contributed by atoms with Gasteiger partial charge < -0.3 is 10.2 Å². The van der Waals surface area contributed by atoms with E-state index in [0.29, 0.717) is 21.5 Å². The van der Waals surface area contributed by atoms with Crippen molar-refractivity contribution in [2.75, 3.05) is 26.7 Å². The molecule has 19 heavy (non-hydrogen) atoms. The van der Waals surface area contributed by atoms with Crippen LogP contribution in [0.1, 0.15) is 23.2 Å². The molecule has 104 valence electrons. The molecule has 1 aromatic carbocycles. The average Bonchev–Trinajstić information content (AvgIpc) is 2.39. The van der Waals surface area contributed by atoms with Crippen LogP contribution in [0, 0.1) is 5.92 Å². The van der Waals surface area contributed by atoms with Crippen LogP contribution in [0.5, 0.6) is 0 Å². The molecule has 1 aromatic rings. The van der Waals surface area contributed by atoms with Gasteiger partial charge >= 0.3 is 0 Å². The summed E-state index contributed by atoms with van der Waals surface area (Å²) < 4.78 is 0. The number of nitrogens with one attached hydrogen (secondary N) is 1. The molecule has 1 aliphatic heterocycles. The molecule has 1 amide bonds. The number of carbonyl (C=O) groups excluding carboxylic acids is 1. The van der Waals surface area contributed by atoms with E-state index in [-0.39, 0.29) is 5.91 Å². The molecule has 1 fully saturated rings. The molecule has 0 aliphatic carbocycles. The highest BCUT2D eigenvalue weighted by Gasteiger charge is 2.22. The van der Waals surface area contributed by atoms with E-state index in [0.717, 1.165) is 26.1 Å². The van der Waals surface area contributed by atoms with Gasteiger partial charge in [0, 0.05) is 13.6 Å². The topological polar surface area (TPSA) is 32.3 Å². The minimum Gasteiger partial charge on any atom is -0.341 e. The van der Waals surface area contributed by atoms with E-state index in [1.807, 2.05) is 0 Å².